The minimum Gasteiger partial charge on any atom is -0.508 e. The number of nitrogens with one attached hydrogen (secondary N) is 2. The van der Waals surface area contributed by atoms with Gasteiger partial charge in [0.15, 0.2) is 0 Å². The highest BCUT2D eigenvalue weighted by Crippen LogP contribution is 2.52. The van der Waals surface area contributed by atoms with Crippen LogP contribution in [0.25, 0.3) is 0 Å². The van der Waals surface area contributed by atoms with E-state index in [0.717, 1.165) is 51.1 Å². The zero-order valence-corrected chi connectivity index (χ0v) is 18.3. The second-order valence-electron chi connectivity index (χ2n) is 10.3. The SMILES string of the molecule is C[C@H]1[C@H]2Cc3ccc(O)cc3[C@]1(CCNC(=O)[C@@H]1CCCCN1)CCN2CC1CC1. The number of piperidine rings is 2. The number of hydrogen-bond donors (Lipinski definition) is 3. The van der Waals surface area contributed by atoms with Gasteiger partial charge in [0.2, 0.25) is 5.91 Å². The van der Waals surface area contributed by atoms with Gasteiger partial charge in [-0.25, -0.2) is 0 Å². The summed E-state index contributed by atoms with van der Waals surface area (Å²) in [6.07, 6.45) is 9.21. The first kappa shape index (κ1) is 20.3. The number of phenolic OH excluding ortho intramolecular Hbond substituents is 1. The molecular weight excluding hydrogens is 374 g/mol. The summed E-state index contributed by atoms with van der Waals surface area (Å²) in [4.78, 5) is 15.4. The second kappa shape index (κ2) is 8.16. The van der Waals surface area contributed by atoms with Gasteiger partial charge in [0.25, 0.3) is 0 Å². The van der Waals surface area contributed by atoms with Crippen molar-refractivity contribution in [2.75, 3.05) is 26.2 Å². The quantitative estimate of drug-likeness (QED) is 0.673. The Hall–Kier alpha value is -1.59. The van der Waals surface area contributed by atoms with Crippen LogP contribution in [0.15, 0.2) is 18.2 Å². The molecule has 4 aliphatic rings. The van der Waals surface area contributed by atoms with Crippen LogP contribution in [0.2, 0.25) is 0 Å². The average molecular weight is 412 g/mol. The van der Waals surface area contributed by atoms with Gasteiger partial charge in [-0.15, -0.1) is 0 Å². The summed E-state index contributed by atoms with van der Waals surface area (Å²) in [5.41, 5.74) is 2.78. The molecule has 5 heteroatoms. The van der Waals surface area contributed by atoms with Crippen LogP contribution in [0.4, 0.5) is 0 Å². The molecule has 1 amide bonds. The van der Waals surface area contributed by atoms with Gasteiger partial charge < -0.3 is 15.7 Å². The van der Waals surface area contributed by atoms with Crippen molar-refractivity contribution in [3.8, 4) is 5.75 Å². The van der Waals surface area contributed by atoms with E-state index in [-0.39, 0.29) is 17.4 Å². The Labute approximate surface area is 180 Å². The van der Waals surface area contributed by atoms with Crippen LogP contribution in [-0.2, 0) is 16.6 Å². The number of amides is 1. The van der Waals surface area contributed by atoms with E-state index in [0.29, 0.717) is 24.3 Å². The molecule has 3 fully saturated rings. The van der Waals surface area contributed by atoms with Crippen LogP contribution in [0.3, 0.4) is 0 Å². The summed E-state index contributed by atoms with van der Waals surface area (Å²) >= 11 is 0. The van der Waals surface area contributed by atoms with Crippen molar-refractivity contribution >= 4 is 5.91 Å². The van der Waals surface area contributed by atoms with Crippen molar-refractivity contribution in [3.05, 3.63) is 29.3 Å². The molecule has 0 aromatic heterocycles. The molecule has 164 valence electrons. The maximum absolute atomic E-state index is 12.7. The van der Waals surface area contributed by atoms with Gasteiger partial charge in [-0.05, 0) is 93.1 Å². The summed E-state index contributed by atoms with van der Waals surface area (Å²) in [5.74, 6) is 1.97. The van der Waals surface area contributed by atoms with E-state index in [4.69, 9.17) is 0 Å². The Balaban J connectivity index is 1.34. The highest BCUT2D eigenvalue weighted by molar-refractivity contribution is 5.81. The molecule has 4 atom stereocenters. The summed E-state index contributed by atoms with van der Waals surface area (Å²) in [6.45, 7) is 6.47. The van der Waals surface area contributed by atoms with Crippen LogP contribution in [0.5, 0.6) is 5.75 Å². The number of carbonyl (C=O) groups is 1. The van der Waals surface area contributed by atoms with Crippen molar-refractivity contribution in [1.82, 2.24) is 15.5 Å². The van der Waals surface area contributed by atoms with E-state index in [2.05, 4.69) is 28.5 Å². The number of fused-ring (bicyclic) bond motifs is 4. The lowest BCUT2D eigenvalue weighted by molar-refractivity contribution is -0.123. The normalized spacial score (nSPS) is 33.7. The third kappa shape index (κ3) is 3.75. The number of likely N-dealkylation sites (tertiary alicyclic amines) is 1. The van der Waals surface area contributed by atoms with E-state index in [9.17, 15) is 9.90 Å². The van der Waals surface area contributed by atoms with Crippen LogP contribution < -0.4 is 10.6 Å². The fourth-order valence-electron chi connectivity index (χ4n) is 6.49. The van der Waals surface area contributed by atoms with Crippen LogP contribution >= 0.6 is 0 Å². The Kier molecular flexibility index (Phi) is 5.53. The number of rotatable bonds is 6. The first-order valence-electron chi connectivity index (χ1n) is 12.1. The maximum Gasteiger partial charge on any atom is 0.237 e. The number of carbonyl (C=O) groups excluding carboxylic acids is 1. The number of phenols is 1. The number of hydrogen-bond acceptors (Lipinski definition) is 4. The van der Waals surface area contributed by atoms with Gasteiger partial charge in [-0.2, -0.15) is 0 Å². The largest absolute Gasteiger partial charge is 0.508 e. The average Bonchev–Trinajstić information content (AvgIpc) is 3.57. The Morgan fingerprint density at radius 2 is 2.17 bits per heavy atom. The summed E-state index contributed by atoms with van der Waals surface area (Å²) in [7, 11) is 0. The van der Waals surface area contributed by atoms with Gasteiger partial charge in [-0.1, -0.05) is 19.4 Å². The highest BCUT2D eigenvalue weighted by Gasteiger charge is 2.51. The second-order valence-corrected chi connectivity index (χ2v) is 10.3. The van der Waals surface area contributed by atoms with Crippen molar-refractivity contribution in [3.63, 3.8) is 0 Å². The van der Waals surface area contributed by atoms with E-state index < -0.39 is 0 Å². The molecule has 30 heavy (non-hydrogen) atoms. The predicted octanol–water partition coefficient (Wildman–Crippen LogP) is 2.95. The molecule has 1 aromatic carbocycles. The van der Waals surface area contributed by atoms with E-state index in [1.165, 1.54) is 36.9 Å². The van der Waals surface area contributed by atoms with Gasteiger partial charge in [0.1, 0.15) is 5.75 Å². The molecule has 2 saturated heterocycles. The lowest BCUT2D eigenvalue weighted by atomic mass is 9.56. The molecule has 2 aliphatic carbocycles. The minimum atomic E-state index is -0.0236. The maximum atomic E-state index is 12.7. The third-order valence-electron chi connectivity index (χ3n) is 8.51. The predicted molar refractivity (Wildman–Crippen MR) is 119 cm³/mol. The molecule has 0 radical (unpaired) electrons. The van der Waals surface area contributed by atoms with Crippen LogP contribution in [-0.4, -0.2) is 54.2 Å². The Morgan fingerprint density at radius 1 is 1.30 bits per heavy atom. The van der Waals surface area contributed by atoms with E-state index in [1.807, 2.05) is 12.1 Å². The molecule has 2 aliphatic heterocycles. The van der Waals surface area contributed by atoms with E-state index in [1.54, 1.807) is 0 Å². The first-order chi connectivity index (χ1) is 14.6. The molecule has 1 aromatic rings. The molecule has 2 heterocycles. The first-order valence-corrected chi connectivity index (χ1v) is 12.1. The standard InChI is InChI=1S/C25H37N3O2/c1-17-23-14-19-7-8-20(29)15-21(19)25(17,10-13-28(23)16-18-5-6-18)9-12-27-24(30)22-4-2-3-11-26-22/h7-8,15,17-18,22-23,26,29H,2-6,9-14,16H2,1H3,(H,27,30)/t17-,22-,23+,25+/m0/s1. The van der Waals surface area contributed by atoms with Crippen LogP contribution in [0, 0.1) is 11.8 Å². The van der Waals surface area contributed by atoms with Gasteiger partial charge in [0, 0.05) is 24.5 Å². The zero-order chi connectivity index (χ0) is 20.7. The Bertz CT molecular complexity index is 787. The fourth-order valence-corrected chi connectivity index (χ4v) is 6.49. The monoisotopic (exact) mass is 411 g/mol. The highest BCUT2D eigenvalue weighted by atomic mass is 16.3. The van der Waals surface area contributed by atoms with Gasteiger partial charge >= 0.3 is 0 Å². The van der Waals surface area contributed by atoms with Crippen molar-refractivity contribution < 1.29 is 9.90 Å². The molecule has 5 nitrogen and oxygen atoms in total. The molecule has 0 unspecified atom stereocenters. The van der Waals surface area contributed by atoms with Crippen molar-refractivity contribution in [2.45, 2.75) is 75.8 Å². The van der Waals surface area contributed by atoms with Crippen molar-refractivity contribution in [1.29, 1.82) is 0 Å². The number of aromatic hydroxyl groups is 1. The van der Waals surface area contributed by atoms with Crippen LogP contribution in [0.1, 0.15) is 63.0 Å². The summed E-state index contributed by atoms with van der Waals surface area (Å²) in [5, 5.41) is 16.9. The Morgan fingerprint density at radius 3 is 2.93 bits per heavy atom. The van der Waals surface area contributed by atoms with Crippen molar-refractivity contribution in [2.24, 2.45) is 11.8 Å². The summed E-state index contributed by atoms with van der Waals surface area (Å²) < 4.78 is 0. The third-order valence-corrected chi connectivity index (χ3v) is 8.51. The molecule has 5 rings (SSSR count). The van der Waals surface area contributed by atoms with Gasteiger partial charge in [-0.3, -0.25) is 9.69 Å². The minimum absolute atomic E-state index is 0.0236. The number of nitrogens with zero attached hydrogens (tertiary/aromatic N) is 1. The lowest BCUT2D eigenvalue weighted by Gasteiger charge is -2.56. The smallest absolute Gasteiger partial charge is 0.237 e. The molecule has 3 N–H and O–H groups in total. The zero-order valence-electron chi connectivity index (χ0n) is 18.3. The molecule has 2 bridgehead atoms. The van der Waals surface area contributed by atoms with Gasteiger partial charge in [0.05, 0.1) is 6.04 Å². The number of benzene rings is 1. The molecule has 1 saturated carbocycles. The molecule has 0 spiro atoms. The molecular formula is C25H37N3O2. The summed E-state index contributed by atoms with van der Waals surface area (Å²) in [6, 6.07) is 6.56. The van der Waals surface area contributed by atoms with E-state index >= 15 is 0 Å². The lowest BCUT2D eigenvalue weighted by Crippen LogP contribution is -2.60. The topological polar surface area (TPSA) is 64.6 Å². The fraction of sp³-hybridized carbons (Fsp3) is 0.720.